The van der Waals surface area contributed by atoms with Crippen LogP contribution in [0.5, 0.6) is 0 Å². The van der Waals surface area contributed by atoms with E-state index in [1.54, 1.807) is 18.0 Å². The average molecular weight is 415 g/mol. The second kappa shape index (κ2) is 6.78. The number of rotatable bonds is 3. The van der Waals surface area contributed by atoms with Gasteiger partial charge in [0, 0.05) is 27.4 Å². The molecule has 2 aromatic rings. The van der Waals surface area contributed by atoms with Crippen LogP contribution in [0.4, 0.5) is 0 Å². The molecule has 0 aromatic heterocycles. The number of hydrogen-bond donors (Lipinski definition) is 1. The van der Waals surface area contributed by atoms with Crippen LogP contribution in [0.25, 0.3) is 0 Å². The van der Waals surface area contributed by atoms with E-state index in [1.807, 2.05) is 36.4 Å². The van der Waals surface area contributed by atoms with Gasteiger partial charge in [-0.25, -0.2) is 0 Å². The maximum atomic E-state index is 12.5. The molecule has 5 heteroatoms. The van der Waals surface area contributed by atoms with Crippen molar-refractivity contribution in [2.75, 3.05) is 7.05 Å². The van der Waals surface area contributed by atoms with Crippen molar-refractivity contribution in [3.8, 4) is 0 Å². The highest BCUT2D eigenvalue weighted by Gasteiger charge is 2.16. The van der Waals surface area contributed by atoms with Crippen molar-refractivity contribution < 1.29 is 4.79 Å². The molecule has 0 aliphatic heterocycles. The van der Waals surface area contributed by atoms with Crippen molar-refractivity contribution in [3.63, 3.8) is 0 Å². The molecule has 0 atom stereocenters. The lowest BCUT2D eigenvalue weighted by atomic mass is 10.1. The monoisotopic (exact) mass is 413 g/mol. The zero-order valence-corrected chi connectivity index (χ0v) is 14.9. The molecule has 0 radical (unpaired) electrons. The van der Waals surface area contributed by atoms with Gasteiger partial charge in [-0.2, -0.15) is 0 Å². The van der Waals surface area contributed by atoms with Crippen molar-refractivity contribution in [2.24, 2.45) is 0 Å². The molecule has 104 valence electrons. The van der Waals surface area contributed by atoms with Crippen molar-refractivity contribution in [1.29, 1.82) is 0 Å². The van der Waals surface area contributed by atoms with Gasteiger partial charge in [0.25, 0.3) is 5.91 Å². The first-order valence-electron chi connectivity index (χ1n) is 5.96. The number of benzene rings is 2. The summed E-state index contributed by atoms with van der Waals surface area (Å²) in [6.07, 6.45) is 0. The highest BCUT2D eigenvalue weighted by Crippen LogP contribution is 2.23. The molecule has 0 bridgehead atoms. The van der Waals surface area contributed by atoms with Crippen LogP contribution in [-0.2, 0) is 6.54 Å². The van der Waals surface area contributed by atoms with Gasteiger partial charge in [-0.05, 0) is 45.8 Å². The number of amides is 1. The van der Waals surface area contributed by atoms with E-state index in [4.69, 9.17) is 0 Å². The van der Waals surface area contributed by atoms with Crippen molar-refractivity contribution >= 4 is 50.4 Å². The lowest BCUT2D eigenvalue weighted by molar-refractivity contribution is 0.0783. The highest BCUT2D eigenvalue weighted by molar-refractivity contribution is 9.10. The van der Waals surface area contributed by atoms with Crippen LogP contribution in [0, 0.1) is 0 Å². The topological polar surface area (TPSA) is 20.3 Å². The van der Waals surface area contributed by atoms with Gasteiger partial charge >= 0.3 is 0 Å². The van der Waals surface area contributed by atoms with Gasteiger partial charge in [0.1, 0.15) is 0 Å². The second-order valence-electron chi connectivity index (χ2n) is 4.42. The molecule has 0 aliphatic carbocycles. The fourth-order valence-electron chi connectivity index (χ4n) is 1.84. The minimum atomic E-state index is -0.0384. The SMILES string of the molecule is CN(Cc1ccccc1Br)C(=O)c1cc(S)ccc1Br. The molecule has 0 aliphatic rings. The Bertz CT molecular complexity index is 646. The number of thiol groups is 1. The molecular weight excluding hydrogens is 402 g/mol. The maximum Gasteiger partial charge on any atom is 0.255 e. The quantitative estimate of drug-likeness (QED) is 0.717. The zero-order valence-electron chi connectivity index (χ0n) is 10.8. The summed E-state index contributed by atoms with van der Waals surface area (Å²) in [6, 6.07) is 13.3. The van der Waals surface area contributed by atoms with E-state index in [-0.39, 0.29) is 5.91 Å². The second-order valence-corrected chi connectivity index (χ2v) is 6.64. The Morgan fingerprint density at radius 2 is 1.85 bits per heavy atom. The molecule has 20 heavy (non-hydrogen) atoms. The third-order valence-electron chi connectivity index (χ3n) is 2.89. The van der Waals surface area contributed by atoms with Crippen LogP contribution >= 0.6 is 44.5 Å². The largest absolute Gasteiger partial charge is 0.337 e. The van der Waals surface area contributed by atoms with E-state index in [1.165, 1.54) is 0 Å². The molecule has 0 heterocycles. The Labute approximate surface area is 140 Å². The Kier molecular flexibility index (Phi) is 5.29. The number of hydrogen-bond acceptors (Lipinski definition) is 2. The summed E-state index contributed by atoms with van der Waals surface area (Å²) >= 11 is 11.2. The summed E-state index contributed by atoms with van der Waals surface area (Å²) in [7, 11) is 1.79. The molecule has 2 nitrogen and oxygen atoms in total. The van der Waals surface area contributed by atoms with E-state index in [2.05, 4.69) is 44.5 Å². The zero-order chi connectivity index (χ0) is 14.7. The van der Waals surface area contributed by atoms with Crippen LogP contribution in [0.2, 0.25) is 0 Å². The summed E-state index contributed by atoms with van der Waals surface area (Å²) < 4.78 is 1.78. The number of nitrogens with zero attached hydrogens (tertiary/aromatic N) is 1. The van der Waals surface area contributed by atoms with Gasteiger partial charge < -0.3 is 4.90 Å². The summed E-state index contributed by atoms with van der Waals surface area (Å²) in [5, 5.41) is 0. The average Bonchev–Trinajstić information content (AvgIpc) is 2.43. The van der Waals surface area contributed by atoms with E-state index in [0.29, 0.717) is 12.1 Å². The van der Waals surface area contributed by atoms with E-state index < -0.39 is 0 Å². The molecule has 2 aromatic carbocycles. The molecule has 1 amide bonds. The Hall–Kier alpha value is -0.780. The molecule has 0 unspecified atom stereocenters. The number of carbonyl (C=O) groups excluding carboxylic acids is 1. The summed E-state index contributed by atoms with van der Waals surface area (Å²) in [4.78, 5) is 14.9. The first kappa shape index (κ1) is 15.6. The van der Waals surface area contributed by atoms with Crippen molar-refractivity contribution in [1.82, 2.24) is 4.90 Å². The third-order valence-corrected chi connectivity index (χ3v) is 4.64. The summed E-state index contributed by atoms with van der Waals surface area (Å²) in [5.74, 6) is -0.0384. The minimum absolute atomic E-state index is 0.0384. The minimum Gasteiger partial charge on any atom is -0.337 e. The van der Waals surface area contributed by atoms with E-state index in [0.717, 1.165) is 19.4 Å². The smallest absolute Gasteiger partial charge is 0.255 e. The number of halogens is 2. The normalized spacial score (nSPS) is 10.4. The Morgan fingerprint density at radius 1 is 1.15 bits per heavy atom. The van der Waals surface area contributed by atoms with Gasteiger partial charge in [0.05, 0.1) is 5.56 Å². The van der Waals surface area contributed by atoms with E-state index in [9.17, 15) is 4.79 Å². The van der Waals surface area contributed by atoms with Crippen molar-refractivity contribution in [2.45, 2.75) is 11.4 Å². The Morgan fingerprint density at radius 3 is 2.55 bits per heavy atom. The van der Waals surface area contributed by atoms with Crippen LogP contribution in [-0.4, -0.2) is 17.9 Å². The van der Waals surface area contributed by atoms with Gasteiger partial charge in [0.15, 0.2) is 0 Å². The fourth-order valence-corrected chi connectivity index (χ4v) is 2.87. The lowest BCUT2D eigenvalue weighted by Crippen LogP contribution is -2.26. The van der Waals surface area contributed by atoms with Crippen molar-refractivity contribution in [3.05, 3.63) is 62.5 Å². The maximum absolute atomic E-state index is 12.5. The fraction of sp³-hybridized carbons (Fsp3) is 0.133. The van der Waals surface area contributed by atoms with Gasteiger partial charge in [-0.15, -0.1) is 12.6 Å². The highest BCUT2D eigenvalue weighted by atomic mass is 79.9. The Balaban J connectivity index is 2.21. The van der Waals surface area contributed by atoms with E-state index >= 15 is 0 Å². The van der Waals surface area contributed by atoms with Gasteiger partial charge in [0.2, 0.25) is 0 Å². The van der Waals surface area contributed by atoms with Gasteiger partial charge in [-0.3, -0.25) is 4.79 Å². The molecule has 0 spiro atoms. The lowest BCUT2D eigenvalue weighted by Gasteiger charge is -2.19. The predicted molar refractivity (Wildman–Crippen MR) is 91.3 cm³/mol. The number of carbonyl (C=O) groups is 1. The molecule has 0 N–H and O–H groups in total. The van der Waals surface area contributed by atoms with Crippen LogP contribution in [0.15, 0.2) is 56.3 Å². The van der Waals surface area contributed by atoms with Crippen LogP contribution in [0.3, 0.4) is 0 Å². The van der Waals surface area contributed by atoms with Crippen LogP contribution in [0.1, 0.15) is 15.9 Å². The molecular formula is C15H13Br2NOS. The molecule has 0 saturated heterocycles. The summed E-state index contributed by atoms with van der Waals surface area (Å²) in [6.45, 7) is 0.545. The third kappa shape index (κ3) is 3.65. The first-order chi connectivity index (χ1) is 9.49. The molecule has 0 fully saturated rings. The molecule has 0 saturated carbocycles. The van der Waals surface area contributed by atoms with Gasteiger partial charge in [-0.1, -0.05) is 34.1 Å². The summed E-state index contributed by atoms with van der Waals surface area (Å²) in [5.41, 5.74) is 1.69. The van der Waals surface area contributed by atoms with Crippen LogP contribution < -0.4 is 0 Å². The standard InChI is InChI=1S/C15H13Br2NOS/c1-18(9-10-4-2-3-5-13(10)16)15(19)12-8-11(20)6-7-14(12)17/h2-8,20H,9H2,1H3. The first-order valence-corrected chi connectivity index (χ1v) is 7.99. The predicted octanol–water partition coefficient (Wildman–Crippen LogP) is 4.77. The molecule has 2 rings (SSSR count).